The summed E-state index contributed by atoms with van der Waals surface area (Å²) < 4.78 is 2.20. The van der Waals surface area contributed by atoms with E-state index in [1.54, 1.807) is 22.0 Å². The van der Waals surface area contributed by atoms with Gasteiger partial charge in [-0.1, -0.05) is 19.1 Å². The van der Waals surface area contributed by atoms with Gasteiger partial charge in [0.05, 0.1) is 5.52 Å². The number of anilines is 1. The summed E-state index contributed by atoms with van der Waals surface area (Å²) >= 11 is 3.36. The molecule has 2 aliphatic carbocycles. The molecule has 3 aliphatic rings. The second-order valence-electron chi connectivity index (χ2n) is 12.2. The van der Waals surface area contributed by atoms with Gasteiger partial charge in [-0.25, -0.2) is 15.0 Å². The summed E-state index contributed by atoms with van der Waals surface area (Å²) in [5, 5.41) is 11.3. The number of hydrogen-bond acceptors (Lipinski definition) is 7. The molecule has 0 unspecified atom stereocenters. The molecule has 0 bridgehead atoms. The van der Waals surface area contributed by atoms with Crippen molar-refractivity contribution in [2.45, 2.75) is 71.1 Å². The van der Waals surface area contributed by atoms with E-state index in [0.29, 0.717) is 33.6 Å². The minimum absolute atomic E-state index is 0.0140. The summed E-state index contributed by atoms with van der Waals surface area (Å²) in [6.45, 7) is 5.73. The number of nitrogens with zero attached hydrogens (tertiary/aromatic N) is 6. The number of rotatable bonds is 7. The SMILES string of the molecule is Cc1ncc(-c2ccc3c(c2)c(C(=O)NC2CC2)nn3CC(=O)N2[C@H](C(=O)Nc3nc(Br)ccc3C)C[C@@]3(C)C[C@@H]23)cn1. The Kier molecular flexibility index (Phi) is 6.57. The standard InChI is InChI=1S/C31H31BrN8O3/c1-16-4-9-25(32)36-28(16)37-29(42)23-11-31(3)12-24(31)40(23)26(41)15-39-22-8-5-18(19-13-33-17(2)34-14-19)10-21(22)27(38-39)30(43)35-20-6-7-20/h4-5,8-10,13-14,20,23-24H,6-7,11-12,15H2,1-3H3,(H,35,43)(H,36,37,42)/t23-,24+,31-/m0/s1. The van der Waals surface area contributed by atoms with Gasteiger partial charge in [-0.15, -0.1) is 0 Å². The number of carbonyl (C=O) groups is 3. The monoisotopic (exact) mass is 642 g/mol. The van der Waals surface area contributed by atoms with Crippen molar-refractivity contribution < 1.29 is 14.4 Å². The summed E-state index contributed by atoms with van der Waals surface area (Å²) in [7, 11) is 0. The van der Waals surface area contributed by atoms with E-state index in [4.69, 9.17) is 0 Å². The number of piperidine rings is 1. The van der Waals surface area contributed by atoms with Gasteiger partial charge in [-0.05, 0) is 90.2 Å². The fourth-order valence-corrected chi connectivity index (χ4v) is 6.38. The molecule has 3 amide bonds. The predicted octanol–water partition coefficient (Wildman–Crippen LogP) is 4.18. The molecule has 3 atom stereocenters. The summed E-state index contributed by atoms with van der Waals surface area (Å²) in [6, 6.07) is 8.90. The minimum atomic E-state index is -0.621. The van der Waals surface area contributed by atoms with Crippen LogP contribution in [0.15, 0.2) is 47.3 Å². The van der Waals surface area contributed by atoms with Crippen LogP contribution in [0.1, 0.15) is 54.5 Å². The van der Waals surface area contributed by atoms with Crippen LogP contribution in [0, 0.1) is 19.3 Å². The Morgan fingerprint density at radius 2 is 1.81 bits per heavy atom. The van der Waals surface area contributed by atoms with E-state index in [1.165, 1.54) is 0 Å². The maximum absolute atomic E-state index is 14.0. The highest BCUT2D eigenvalue weighted by atomic mass is 79.9. The van der Waals surface area contributed by atoms with Crippen molar-refractivity contribution in [3.8, 4) is 11.1 Å². The molecule has 11 nitrogen and oxygen atoms in total. The minimum Gasteiger partial charge on any atom is -0.348 e. The first kappa shape index (κ1) is 27.6. The summed E-state index contributed by atoms with van der Waals surface area (Å²) in [6.07, 6.45) is 6.83. The Labute approximate surface area is 256 Å². The zero-order valence-corrected chi connectivity index (χ0v) is 25.7. The molecule has 3 fully saturated rings. The van der Waals surface area contributed by atoms with E-state index >= 15 is 0 Å². The molecule has 1 aliphatic heterocycles. The number of fused-ring (bicyclic) bond motifs is 2. The molecular formula is C31H31BrN8O3. The van der Waals surface area contributed by atoms with Crippen LogP contribution in [-0.2, 0) is 16.1 Å². The van der Waals surface area contributed by atoms with Gasteiger partial charge in [0.15, 0.2) is 5.69 Å². The smallest absolute Gasteiger partial charge is 0.272 e. The number of likely N-dealkylation sites (tertiary alicyclic amines) is 1. The second kappa shape index (κ2) is 10.2. The molecule has 4 aromatic rings. The van der Waals surface area contributed by atoms with Crippen LogP contribution < -0.4 is 10.6 Å². The van der Waals surface area contributed by atoms with Crippen LogP contribution in [0.25, 0.3) is 22.0 Å². The molecule has 1 aromatic carbocycles. The number of aromatic nitrogens is 5. The number of carbonyl (C=O) groups excluding carboxylic acids is 3. The highest BCUT2D eigenvalue weighted by molar-refractivity contribution is 9.10. The number of halogens is 1. The summed E-state index contributed by atoms with van der Waals surface area (Å²) in [5.74, 6) is 0.414. The summed E-state index contributed by atoms with van der Waals surface area (Å²) in [4.78, 5) is 55.5. The molecule has 2 N–H and O–H groups in total. The maximum atomic E-state index is 14.0. The van der Waals surface area contributed by atoms with E-state index in [-0.39, 0.29) is 47.5 Å². The van der Waals surface area contributed by atoms with Crippen molar-refractivity contribution in [2.75, 3.05) is 5.32 Å². The molecular weight excluding hydrogens is 612 g/mol. The lowest BCUT2D eigenvalue weighted by Gasteiger charge is -2.27. The number of nitrogens with one attached hydrogen (secondary N) is 2. The Morgan fingerprint density at radius 1 is 1.05 bits per heavy atom. The van der Waals surface area contributed by atoms with Crippen molar-refractivity contribution in [3.05, 3.63) is 64.4 Å². The predicted molar refractivity (Wildman–Crippen MR) is 163 cm³/mol. The number of amides is 3. The van der Waals surface area contributed by atoms with Crippen molar-refractivity contribution >= 4 is 50.4 Å². The van der Waals surface area contributed by atoms with Gasteiger partial charge in [-0.3, -0.25) is 19.1 Å². The first-order chi connectivity index (χ1) is 20.6. The van der Waals surface area contributed by atoms with Crippen LogP contribution >= 0.6 is 15.9 Å². The van der Waals surface area contributed by atoms with E-state index in [0.717, 1.165) is 36.0 Å². The van der Waals surface area contributed by atoms with Crippen LogP contribution in [0.4, 0.5) is 5.82 Å². The van der Waals surface area contributed by atoms with E-state index in [2.05, 4.69) is 53.5 Å². The molecule has 43 heavy (non-hydrogen) atoms. The van der Waals surface area contributed by atoms with Crippen molar-refractivity contribution in [1.82, 2.24) is 34.9 Å². The first-order valence-corrected chi connectivity index (χ1v) is 15.2. The van der Waals surface area contributed by atoms with E-state index in [9.17, 15) is 14.4 Å². The van der Waals surface area contributed by atoms with Crippen LogP contribution in [0.2, 0.25) is 0 Å². The van der Waals surface area contributed by atoms with Crippen LogP contribution in [0.5, 0.6) is 0 Å². The lowest BCUT2D eigenvalue weighted by atomic mass is 10.0. The lowest BCUT2D eigenvalue weighted by Crippen LogP contribution is -2.47. The largest absolute Gasteiger partial charge is 0.348 e. The van der Waals surface area contributed by atoms with Gasteiger partial charge in [0.1, 0.15) is 28.8 Å². The van der Waals surface area contributed by atoms with Gasteiger partial charge in [0, 0.05) is 35.4 Å². The number of pyridine rings is 1. The van der Waals surface area contributed by atoms with Gasteiger partial charge < -0.3 is 15.5 Å². The highest BCUT2D eigenvalue weighted by Gasteiger charge is 2.64. The quantitative estimate of drug-likeness (QED) is 0.289. The molecule has 3 aromatic heterocycles. The summed E-state index contributed by atoms with van der Waals surface area (Å²) in [5.41, 5.74) is 3.34. The normalized spacial score (nSPS) is 22.4. The lowest BCUT2D eigenvalue weighted by molar-refractivity contribution is -0.138. The maximum Gasteiger partial charge on any atom is 0.272 e. The zero-order chi connectivity index (χ0) is 30.0. The molecule has 2 saturated carbocycles. The molecule has 0 spiro atoms. The van der Waals surface area contributed by atoms with E-state index < -0.39 is 6.04 Å². The third-order valence-corrected chi connectivity index (χ3v) is 9.25. The fourth-order valence-electron chi connectivity index (χ4n) is 6.07. The fraction of sp³-hybridized carbons (Fsp3) is 0.387. The number of benzene rings is 1. The molecule has 4 heterocycles. The van der Waals surface area contributed by atoms with Crippen LogP contribution in [-0.4, -0.2) is 65.5 Å². The Balaban J connectivity index is 1.19. The van der Waals surface area contributed by atoms with Gasteiger partial charge in [-0.2, -0.15) is 5.10 Å². The highest BCUT2D eigenvalue weighted by Crippen LogP contribution is 2.59. The Morgan fingerprint density at radius 3 is 2.56 bits per heavy atom. The Bertz CT molecular complexity index is 1800. The molecule has 0 radical (unpaired) electrons. The number of aryl methyl sites for hydroxylation is 2. The van der Waals surface area contributed by atoms with Crippen molar-refractivity contribution in [3.63, 3.8) is 0 Å². The zero-order valence-electron chi connectivity index (χ0n) is 24.1. The molecule has 7 rings (SSSR count). The van der Waals surface area contributed by atoms with Gasteiger partial charge in [0.2, 0.25) is 11.8 Å². The molecule has 1 saturated heterocycles. The van der Waals surface area contributed by atoms with Crippen LogP contribution in [0.3, 0.4) is 0 Å². The number of hydrogen-bond donors (Lipinski definition) is 2. The molecule has 220 valence electrons. The topological polar surface area (TPSA) is 135 Å². The molecule has 12 heteroatoms. The van der Waals surface area contributed by atoms with Gasteiger partial charge in [0.25, 0.3) is 5.91 Å². The van der Waals surface area contributed by atoms with Crippen molar-refractivity contribution in [2.24, 2.45) is 5.41 Å². The van der Waals surface area contributed by atoms with E-state index in [1.807, 2.05) is 44.2 Å². The average Bonchev–Trinajstić information content (AvgIpc) is 3.86. The third-order valence-electron chi connectivity index (χ3n) is 8.81. The first-order valence-electron chi connectivity index (χ1n) is 14.5. The van der Waals surface area contributed by atoms with Crippen molar-refractivity contribution in [1.29, 1.82) is 0 Å². The second-order valence-corrected chi connectivity index (χ2v) is 13.0. The third kappa shape index (κ3) is 5.17. The Hall–Kier alpha value is -4.19. The van der Waals surface area contributed by atoms with Gasteiger partial charge >= 0.3 is 0 Å². The average molecular weight is 644 g/mol.